The van der Waals surface area contributed by atoms with Gasteiger partial charge in [-0.15, -0.1) is 30.6 Å². The summed E-state index contributed by atoms with van der Waals surface area (Å²) >= 11 is 7.06. The molecule has 0 aromatic rings. The second-order valence-electron chi connectivity index (χ2n) is 1.89. The quantitative estimate of drug-likeness (QED) is 0.418. The second kappa shape index (κ2) is 7.03. The minimum atomic E-state index is -0.675. The molecule has 0 fully saturated rings. The van der Waals surface area contributed by atoms with Crippen LogP contribution in [0.4, 0.5) is 0 Å². The van der Waals surface area contributed by atoms with Crippen LogP contribution in [-0.2, 0) is 0 Å². The maximum absolute atomic E-state index is 3.53. The standard InChI is InChI=1S/C6H12Br2Si/c1-2-3-4-5-6-9(7)8/h4-5,9H,2-3,6H2,1H3. The SMILES string of the molecule is CCCC=CC[SiH](Br)Br. The highest BCUT2D eigenvalue weighted by Crippen LogP contribution is 2.08. The zero-order valence-corrected chi connectivity index (χ0v) is 9.94. The third kappa shape index (κ3) is 8.92. The van der Waals surface area contributed by atoms with Gasteiger partial charge in [-0.1, -0.05) is 25.5 Å². The van der Waals surface area contributed by atoms with E-state index in [4.69, 9.17) is 0 Å². The summed E-state index contributed by atoms with van der Waals surface area (Å²) in [6.45, 7) is 2.20. The lowest BCUT2D eigenvalue weighted by atomic mass is 10.3. The molecule has 0 heterocycles. The van der Waals surface area contributed by atoms with Crippen LogP contribution in [0.25, 0.3) is 0 Å². The normalized spacial score (nSPS) is 11.6. The lowest BCUT2D eigenvalue weighted by molar-refractivity contribution is 0.957. The van der Waals surface area contributed by atoms with Crippen LogP contribution in [0, 0.1) is 0 Å². The van der Waals surface area contributed by atoms with Gasteiger partial charge in [-0.3, -0.25) is 0 Å². The average molecular weight is 272 g/mol. The Morgan fingerprint density at radius 2 is 2.00 bits per heavy atom. The predicted octanol–water partition coefficient (Wildman–Crippen LogP) is 3.35. The Bertz CT molecular complexity index is 81.1. The highest BCUT2D eigenvalue weighted by molar-refractivity contribution is 9.49. The van der Waals surface area contributed by atoms with Crippen LogP contribution in [0.2, 0.25) is 6.04 Å². The number of halogens is 2. The summed E-state index contributed by atoms with van der Waals surface area (Å²) in [6, 6.07) is 0.533. The maximum Gasteiger partial charge on any atom is 0.190 e. The van der Waals surface area contributed by atoms with E-state index in [9.17, 15) is 0 Å². The Kier molecular flexibility index (Phi) is 7.75. The highest BCUT2D eigenvalue weighted by Gasteiger charge is 1.93. The van der Waals surface area contributed by atoms with Crippen molar-refractivity contribution in [2.75, 3.05) is 0 Å². The second-order valence-corrected chi connectivity index (χ2v) is 13.5. The summed E-state index contributed by atoms with van der Waals surface area (Å²) in [4.78, 5) is 0. The Morgan fingerprint density at radius 3 is 2.44 bits per heavy atom. The molecular weight excluding hydrogens is 260 g/mol. The first-order valence-electron chi connectivity index (χ1n) is 3.20. The predicted molar refractivity (Wildman–Crippen MR) is 53.9 cm³/mol. The maximum atomic E-state index is 3.53. The topological polar surface area (TPSA) is 0 Å². The largest absolute Gasteiger partial charge is 0.190 e. The fourth-order valence-corrected chi connectivity index (χ4v) is 2.18. The molecule has 0 radical (unpaired) electrons. The lowest BCUT2D eigenvalue weighted by Crippen LogP contribution is -1.83. The molecule has 0 atom stereocenters. The molecule has 0 aromatic heterocycles. The fourth-order valence-electron chi connectivity index (χ4n) is 0.484. The van der Waals surface area contributed by atoms with Crippen molar-refractivity contribution in [3.63, 3.8) is 0 Å². The van der Waals surface area contributed by atoms with Crippen molar-refractivity contribution in [2.24, 2.45) is 0 Å². The molecule has 0 aromatic carbocycles. The molecule has 0 saturated heterocycles. The van der Waals surface area contributed by atoms with Crippen molar-refractivity contribution < 1.29 is 0 Å². The van der Waals surface area contributed by atoms with Crippen LogP contribution in [0.5, 0.6) is 0 Å². The molecule has 9 heavy (non-hydrogen) atoms. The van der Waals surface area contributed by atoms with E-state index in [-0.39, 0.29) is 0 Å². The Balaban J connectivity index is 3.04. The van der Waals surface area contributed by atoms with Crippen LogP contribution in [0.15, 0.2) is 12.2 Å². The van der Waals surface area contributed by atoms with Crippen molar-refractivity contribution >= 4 is 36.6 Å². The lowest BCUT2D eigenvalue weighted by Gasteiger charge is -1.89. The van der Waals surface area contributed by atoms with Gasteiger partial charge in [-0.2, -0.15) is 0 Å². The molecule has 0 bridgehead atoms. The van der Waals surface area contributed by atoms with E-state index in [1.54, 1.807) is 0 Å². The van der Waals surface area contributed by atoms with Gasteiger partial charge in [0.2, 0.25) is 0 Å². The van der Waals surface area contributed by atoms with Crippen LogP contribution in [0.3, 0.4) is 0 Å². The number of unbranched alkanes of at least 4 members (excludes halogenated alkanes) is 1. The van der Waals surface area contributed by atoms with Gasteiger partial charge in [0.1, 0.15) is 0 Å². The first kappa shape index (κ1) is 9.92. The summed E-state index contributed by atoms with van der Waals surface area (Å²) in [5.74, 6) is 0. The third-order valence-electron chi connectivity index (χ3n) is 0.936. The smallest absolute Gasteiger partial charge is 0.115 e. The van der Waals surface area contributed by atoms with Gasteiger partial charge >= 0.3 is 0 Å². The molecule has 0 aliphatic heterocycles. The molecule has 0 saturated carbocycles. The van der Waals surface area contributed by atoms with Gasteiger partial charge in [0.25, 0.3) is 0 Å². The zero-order chi connectivity index (χ0) is 7.11. The van der Waals surface area contributed by atoms with E-state index in [1.165, 1.54) is 18.9 Å². The molecule has 0 unspecified atom stereocenters. The number of hydrogen-bond donors (Lipinski definition) is 0. The van der Waals surface area contributed by atoms with Gasteiger partial charge in [0.15, 0.2) is 6.04 Å². The van der Waals surface area contributed by atoms with Gasteiger partial charge < -0.3 is 0 Å². The molecule has 0 aliphatic rings. The van der Waals surface area contributed by atoms with E-state index >= 15 is 0 Å². The monoisotopic (exact) mass is 270 g/mol. The minimum absolute atomic E-state index is 0.675. The van der Waals surface area contributed by atoms with Gasteiger partial charge in [0.05, 0.1) is 0 Å². The van der Waals surface area contributed by atoms with E-state index in [0.717, 1.165) is 0 Å². The minimum Gasteiger partial charge on any atom is -0.115 e. The Hall–Kier alpha value is 0.917. The number of hydrogen-bond acceptors (Lipinski definition) is 0. The highest BCUT2D eigenvalue weighted by atomic mass is 79.9. The fraction of sp³-hybridized carbons (Fsp3) is 0.667. The van der Waals surface area contributed by atoms with Gasteiger partial charge in [0, 0.05) is 0 Å². The molecule has 0 rings (SSSR count). The van der Waals surface area contributed by atoms with Crippen molar-refractivity contribution in [2.45, 2.75) is 25.8 Å². The first-order valence-corrected chi connectivity index (χ1v) is 10.4. The summed E-state index contributed by atoms with van der Waals surface area (Å²) < 4.78 is 0. The molecule has 54 valence electrons. The Morgan fingerprint density at radius 1 is 1.33 bits per heavy atom. The molecule has 0 nitrogen and oxygen atoms in total. The van der Waals surface area contributed by atoms with Crippen molar-refractivity contribution in [1.82, 2.24) is 0 Å². The number of rotatable bonds is 4. The van der Waals surface area contributed by atoms with E-state index in [2.05, 4.69) is 49.7 Å². The van der Waals surface area contributed by atoms with E-state index in [1.807, 2.05) is 0 Å². The third-order valence-corrected chi connectivity index (χ3v) is 3.81. The molecule has 0 amide bonds. The molecule has 0 N–H and O–H groups in total. The summed E-state index contributed by atoms with van der Waals surface area (Å²) in [5.41, 5.74) is 0. The van der Waals surface area contributed by atoms with Crippen molar-refractivity contribution in [3.8, 4) is 0 Å². The van der Waals surface area contributed by atoms with Crippen LogP contribution in [0.1, 0.15) is 19.8 Å². The van der Waals surface area contributed by atoms with Crippen molar-refractivity contribution in [3.05, 3.63) is 12.2 Å². The van der Waals surface area contributed by atoms with E-state index < -0.39 is 6.04 Å². The zero-order valence-electron chi connectivity index (χ0n) is 5.61. The molecular formula is C6H12Br2Si. The summed E-state index contributed by atoms with van der Waals surface area (Å²) in [5, 5.41) is 0. The van der Waals surface area contributed by atoms with Crippen LogP contribution >= 0.6 is 30.6 Å². The van der Waals surface area contributed by atoms with Gasteiger partial charge in [-0.25, -0.2) is 0 Å². The van der Waals surface area contributed by atoms with Crippen molar-refractivity contribution in [1.29, 1.82) is 0 Å². The molecule has 0 aliphatic carbocycles. The Labute approximate surface area is 74.5 Å². The van der Waals surface area contributed by atoms with Crippen LogP contribution in [-0.4, -0.2) is 6.04 Å². The number of allylic oxidation sites excluding steroid dienone is 2. The van der Waals surface area contributed by atoms with Crippen LogP contribution < -0.4 is 0 Å². The van der Waals surface area contributed by atoms with E-state index in [0.29, 0.717) is 0 Å². The molecule has 3 heteroatoms. The average Bonchev–Trinajstić information content (AvgIpc) is 1.80. The van der Waals surface area contributed by atoms with Gasteiger partial charge in [-0.05, 0) is 12.5 Å². The first-order chi connectivity index (χ1) is 4.27. The summed E-state index contributed by atoms with van der Waals surface area (Å²) in [7, 11) is 0. The molecule has 0 spiro atoms. The summed E-state index contributed by atoms with van der Waals surface area (Å²) in [6.07, 6.45) is 6.99.